The van der Waals surface area contributed by atoms with Crippen molar-refractivity contribution in [2.75, 3.05) is 10.8 Å². The van der Waals surface area contributed by atoms with Crippen LogP contribution in [-0.4, -0.2) is 20.9 Å². The Morgan fingerprint density at radius 3 is 1.97 bits per heavy atom. The van der Waals surface area contributed by atoms with Crippen LogP contribution in [0.15, 0.2) is 71.6 Å². The molecule has 32 heavy (non-hydrogen) atoms. The van der Waals surface area contributed by atoms with Crippen molar-refractivity contribution in [2.45, 2.75) is 45.6 Å². The molecule has 0 aromatic heterocycles. The van der Waals surface area contributed by atoms with Crippen molar-refractivity contribution >= 4 is 21.6 Å². The quantitative estimate of drug-likeness (QED) is 0.551. The Morgan fingerprint density at radius 1 is 0.844 bits per heavy atom. The first-order valence-electron chi connectivity index (χ1n) is 10.6. The lowest BCUT2D eigenvalue weighted by molar-refractivity contribution is -0.120. The predicted molar refractivity (Wildman–Crippen MR) is 129 cm³/mol. The predicted octanol–water partition coefficient (Wildman–Crippen LogP) is 4.99. The van der Waals surface area contributed by atoms with Crippen LogP contribution in [0.25, 0.3) is 0 Å². The zero-order valence-corrected chi connectivity index (χ0v) is 20.0. The smallest absolute Gasteiger partial charge is 0.264 e. The normalized spacial score (nSPS) is 12.3. The monoisotopic (exact) mass is 450 g/mol. The summed E-state index contributed by atoms with van der Waals surface area (Å²) in [4.78, 5) is 13.1. The minimum atomic E-state index is -3.93. The molecule has 168 valence electrons. The number of hydrogen-bond donors (Lipinski definition) is 1. The molecule has 0 heterocycles. The lowest BCUT2D eigenvalue weighted by atomic mass is 10.1. The molecule has 0 bridgehead atoms. The Kier molecular flexibility index (Phi) is 7.04. The fraction of sp³-hybridized carbons (Fsp3) is 0.269. The summed E-state index contributed by atoms with van der Waals surface area (Å²) < 4.78 is 28.2. The molecular weight excluding hydrogens is 420 g/mol. The van der Waals surface area contributed by atoms with Gasteiger partial charge in [0.05, 0.1) is 16.6 Å². The lowest BCUT2D eigenvalue weighted by Crippen LogP contribution is -2.41. The summed E-state index contributed by atoms with van der Waals surface area (Å²) in [6.07, 6.45) is 0. The van der Waals surface area contributed by atoms with Gasteiger partial charge in [-0.05, 0) is 75.6 Å². The Labute approximate surface area is 191 Å². The van der Waals surface area contributed by atoms with Crippen molar-refractivity contribution in [3.8, 4) is 0 Å². The molecular formula is C26H30N2O3S. The number of carbonyl (C=O) groups excluding carboxylic acids is 1. The molecule has 5 nitrogen and oxygen atoms in total. The number of amides is 1. The summed E-state index contributed by atoms with van der Waals surface area (Å²) in [5, 5.41) is 2.93. The summed E-state index contributed by atoms with van der Waals surface area (Å²) in [7, 11) is -3.93. The fourth-order valence-corrected chi connectivity index (χ4v) is 4.80. The molecule has 1 N–H and O–H groups in total. The molecule has 3 aromatic carbocycles. The van der Waals surface area contributed by atoms with E-state index in [1.807, 2.05) is 65.0 Å². The number of benzene rings is 3. The summed E-state index contributed by atoms with van der Waals surface area (Å²) in [5.41, 5.74) is 5.54. The first kappa shape index (κ1) is 23.5. The van der Waals surface area contributed by atoms with Crippen LogP contribution in [0.5, 0.6) is 0 Å². The highest BCUT2D eigenvalue weighted by atomic mass is 32.2. The van der Waals surface area contributed by atoms with Gasteiger partial charge in [0.2, 0.25) is 5.91 Å². The van der Waals surface area contributed by atoms with Gasteiger partial charge in [-0.1, -0.05) is 53.6 Å². The minimum Gasteiger partial charge on any atom is -0.348 e. The van der Waals surface area contributed by atoms with Crippen LogP contribution in [0.3, 0.4) is 0 Å². The highest BCUT2D eigenvalue weighted by molar-refractivity contribution is 7.92. The van der Waals surface area contributed by atoms with Gasteiger partial charge in [0, 0.05) is 0 Å². The van der Waals surface area contributed by atoms with Crippen LogP contribution in [0.2, 0.25) is 0 Å². The van der Waals surface area contributed by atoms with Crippen LogP contribution in [0.1, 0.15) is 40.8 Å². The molecule has 0 fully saturated rings. The molecule has 0 saturated carbocycles. The number of hydrogen-bond acceptors (Lipinski definition) is 3. The molecule has 0 aliphatic rings. The molecule has 6 heteroatoms. The van der Waals surface area contributed by atoms with Crippen molar-refractivity contribution in [2.24, 2.45) is 0 Å². The number of carbonyl (C=O) groups is 1. The van der Waals surface area contributed by atoms with Crippen LogP contribution < -0.4 is 9.62 Å². The third-order valence-corrected chi connectivity index (χ3v) is 7.42. The van der Waals surface area contributed by atoms with Gasteiger partial charge >= 0.3 is 0 Å². The van der Waals surface area contributed by atoms with Gasteiger partial charge in [-0.3, -0.25) is 9.10 Å². The van der Waals surface area contributed by atoms with Gasteiger partial charge in [0.1, 0.15) is 6.54 Å². The molecule has 3 aromatic rings. The third kappa shape index (κ3) is 5.37. The maximum Gasteiger partial charge on any atom is 0.264 e. The van der Waals surface area contributed by atoms with Gasteiger partial charge < -0.3 is 5.32 Å². The van der Waals surface area contributed by atoms with Gasteiger partial charge in [-0.15, -0.1) is 0 Å². The van der Waals surface area contributed by atoms with Gasteiger partial charge in [-0.25, -0.2) is 8.42 Å². The molecule has 0 radical (unpaired) electrons. The van der Waals surface area contributed by atoms with Gasteiger partial charge in [-0.2, -0.15) is 0 Å². The highest BCUT2D eigenvalue weighted by Crippen LogP contribution is 2.26. The van der Waals surface area contributed by atoms with Crippen LogP contribution >= 0.6 is 0 Å². The second kappa shape index (κ2) is 9.57. The van der Waals surface area contributed by atoms with E-state index in [1.165, 1.54) is 4.31 Å². The summed E-state index contributed by atoms with van der Waals surface area (Å²) >= 11 is 0. The van der Waals surface area contributed by atoms with Crippen molar-refractivity contribution in [3.63, 3.8) is 0 Å². The summed E-state index contributed by atoms with van der Waals surface area (Å²) in [6.45, 7) is 9.37. The first-order valence-corrected chi connectivity index (χ1v) is 12.0. The second-order valence-electron chi connectivity index (χ2n) is 8.29. The number of anilines is 1. The van der Waals surface area contributed by atoms with E-state index in [0.29, 0.717) is 5.69 Å². The summed E-state index contributed by atoms with van der Waals surface area (Å²) in [5.74, 6) is -0.369. The Bertz CT molecular complexity index is 1200. The first-order chi connectivity index (χ1) is 15.1. The fourth-order valence-electron chi connectivity index (χ4n) is 3.39. The standard InChI is InChI=1S/C26H30N2O3S/c1-18-6-11-23(12-7-18)22(5)27-26(29)17-28(24-13-10-20(3)21(4)16-24)32(30,31)25-14-8-19(2)9-15-25/h6-16,22H,17H2,1-5H3,(H,27,29)/t22-/m1/s1. The maximum atomic E-state index is 13.5. The molecule has 1 amide bonds. The molecule has 0 spiro atoms. The third-order valence-electron chi connectivity index (χ3n) is 5.63. The zero-order valence-electron chi connectivity index (χ0n) is 19.2. The highest BCUT2D eigenvalue weighted by Gasteiger charge is 2.28. The Balaban J connectivity index is 1.91. The molecule has 0 saturated heterocycles. The molecule has 0 aliphatic heterocycles. The van der Waals surface area contributed by atoms with Gasteiger partial charge in [0.25, 0.3) is 10.0 Å². The number of nitrogens with one attached hydrogen (secondary N) is 1. The van der Waals surface area contributed by atoms with Crippen LogP contribution in [0.4, 0.5) is 5.69 Å². The van der Waals surface area contributed by atoms with E-state index in [0.717, 1.165) is 27.8 Å². The molecule has 1 atom stereocenters. The molecule has 3 rings (SSSR count). The number of aryl methyl sites for hydroxylation is 4. The van der Waals surface area contributed by atoms with E-state index >= 15 is 0 Å². The molecule has 0 aliphatic carbocycles. The van der Waals surface area contributed by atoms with Crippen molar-refractivity contribution in [3.05, 3.63) is 94.5 Å². The maximum absolute atomic E-state index is 13.5. The van der Waals surface area contributed by atoms with Crippen molar-refractivity contribution in [1.29, 1.82) is 0 Å². The zero-order chi connectivity index (χ0) is 23.5. The number of sulfonamides is 1. The minimum absolute atomic E-state index is 0.153. The number of rotatable bonds is 7. The lowest BCUT2D eigenvalue weighted by Gasteiger charge is -2.26. The van der Waals surface area contributed by atoms with E-state index < -0.39 is 10.0 Å². The average Bonchev–Trinajstić information content (AvgIpc) is 2.74. The number of nitrogens with zero attached hydrogens (tertiary/aromatic N) is 1. The van der Waals surface area contributed by atoms with Crippen molar-refractivity contribution in [1.82, 2.24) is 5.32 Å². The van der Waals surface area contributed by atoms with E-state index in [4.69, 9.17) is 0 Å². The topological polar surface area (TPSA) is 66.5 Å². The van der Waals surface area contributed by atoms with E-state index in [2.05, 4.69) is 5.32 Å². The van der Waals surface area contributed by atoms with E-state index in [1.54, 1.807) is 36.4 Å². The van der Waals surface area contributed by atoms with E-state index in [9.17, 15) is 13.2 Å². The van der Waals surface area contributed by atoms with Crippen LogP contribution in [0, 0.1) is 27.7 Å². The van der Waals surface area contributed by atoms with E-state index in [-0.39, 0.29) is 23.4 Å². The van der Waals surface area contributed by atoms with Gasteiger partial charge in [0.15, 0.2) is 0 Å². The van der Waals surface area contributed by atoms with Crippen molar-refractivity contribution < 1.29 is 13.2 Å². The Hall–Kier alpha value is -3.12. The summed E-state index contributed by atoms with van der Waals surface area (Å²) in [6, 6.07) is 19.7. The second-order valence-corrected chi connectivity index (χ2v) is 10.2. The Morgan fingerprint density at radius 2 is 1.41 bits per heavy atom. The van der Waals surface area contributed by atoms with Crippen LogP contribution in [-0.2, 0) is 14.8 Å². The SMILES string of the molecule is Cc1ccc([C@@H](C)NC(=O)CN(c2ccc(C)c(C)c2)S(=O)(=O)c2ccc(C)cc2)cc1. The largest absolute Gasteiger partial charge is 0.348 e. The average molecular weight is 451 g/mol. The molecule has 0 unspecified atom stereocenters.